The minimum absolute atomic E-state index is 0.104. The highest BCUT2D eigenvalue weighted by atomic mass is 16.5. The molecule has 0 aromatic heterocycles. The first-order valence-electron chi connectivity index (χ1n) is 7.00. The van der Waals surface area contributed by atoms with Crippen molar-refractivity contribution in [1.82, 2.24) is 0 Å². The van der Waals surface area contributed by atoms with Gasteiger partial charge in [0.25, 0.3) is 0 Å². The molecule has 0 saturated carbocycles. The third kappa shape index (κ3) is 5.21. The van der Waals surface area contributed by atoms with Crippen LogP contribution in [-0.4, -0.2) is 31.8 Å². The SMILES string of the molecule is COCC(Nc1ccc(C(=O)OC(C)C)cc1)C(C)C. The van der Waals surface area contributed by atoms with Crippen LogP contribution in [0.4, 0.5) is 5.69 Å². The van der Waals surface area contributed by atoms with Crippen molar-refractivity contribution >= 4 is 11.7 Å². The Morgan fingerprint density at radius 2 is 1.75 bits per heavy atom. The predicted molar refractivity (Wildman–Crippen MR) is 81.1 cm³/mol. The van der Waals surface area contributed by atoms with Crippen LogP contribution in [0.15, 0.2) is 24.3 Å². The van der Waals surface area contributed by atoms with Crippen LogP contribution >= 0.6 is 0 Å². The highest BCUT2D eigenvalue weighted by molar-refractivity contribution is 5.89. The quantitative estimate of drug-likeness (QED) is 0.778. The van der Waals surface area contributed by atoms with E-state index in [1.54, 1.807) is 19.2 Å². The van der Waals surface area contributed by atoms with Gasteiger partial charge in [-0.15, -0.1) is 0 Å². The van der Waals surface area contributed by atoms with Gasteiger partial charge in [-0.25, -0.2) is 4.79 Å². The first-order valence-corrected chi connectivity index (χ1v) is 7.00. The van der Waals surface area contributed by atoms with Crippen LogP contribution in [-0.2, 0) is 9.47 Å². The largest absolute Gasteiger partial charge is 0.459 e. The fourth-order valence-electron chi connectivity index (χ4n) is 1.78. The third-order valence-corrected chi connectivity index (χ3v) is 2.97. The van der Waals surface area contributed by atoms with Gasteiger partial charge < -0.3 is 14.8 Å². The van der Waals surface area contributed by atoms with Gasteiger partial charge in [-0.2, -0.15) is 0 Å². The van der Waals surface area contributed by atoms with Crippen LogP contribution in [0, 0.1) is 5.92 Å². The summed E-state index contributed by atoms with van der Waals surface area (Å²) in [7, 11) is 1.70. The summed E-state index contributed by atoms with van der Waals surface area (Å²) in [5.74, 6) is 0.171. The van der Waals surface area contributed by atoms with Crippen LogP contribution in [0.1, 0.15) is 38.1 Å². The lowest BCUT2D eigenvalue weighted by Gasteiger charge is -2.22. The van der Waals surface area contributed by atoms with Gasteiger partial charge in [-0.3, -0.25) is 0 Å². The highest BCUT2D eigenvalue weighted by Gasteiger charge is 2.13. The van der Waals surface area contributed by atoms with Crippen molar-refractivity contribution in [3.05, 3.63) is 29.8 Å². The Bertz CT molecular complexity index is 412. The van der Waals surface area contributed by atoms with Crippen LogP contribution in [0.3, 0.4) is 0 Å². The molecule has 20 heavy (non-hydrogen) atoms. The molecule has 0 spiro atoms. The maximum absolute atomic E-state index is 11.7. The van der Waals surface area contributed by atoms with Gasteiger partial charge in [0.05, 0.1) is 24.3 Å². The molecule has 0 radical (unpaired) electrons. The zero-order chi connectivity index (χ0) is 15.1. The summed E-state index contributed by atoms with van der Waals surface area (Å²) in [4.78, 5) is 11.7. The van der Waals surface area contributed by atoms with Crippen molar-refractivity contribution in [2.45, 2.75) is 39.8 Å². The number of carbonyl (C=O) groups is 1. The summed E-state index contributed by atoms with van der Waals surface area (Å²) in [6.07, 6.45) is -0.104. The zero-order valence-electron chi connectivity index (χ0n) is 13.0. The molecule has 1 rings (SSSR count). The normalized spacial score (nSPS) is 12.6. The van der Waals surface area contributed by atoms with E-state index in [0.717, 1.165) is 5.69 Å². The molecule has 1 N–H and O–H groups in total. The molecular weight excluding hydrogens is 254 g/mol. The molecule has 1 atom stereocenters. The van der Waals surface area contributed by atoms with E-state index in [1.165, 1.54) is 0 Å². The first-order chi connectivity index (χ1) is 9.43. The molecule has 0 aliphatic heterocycles. The Hall–Kier alpha value is -1.55. The molecule has 0 fully saturated rings. The Kier molecular flexibility index (Phi) is 6.52. The Labute approximate surface area is 121 Å². The zero-order valence-corrected chi connectivity index (χ0v) is 13.0. The number of nitrogens with one attached hydrogen (secondary N) is 1. The number of anilines is 1. The maximum Gasteiger partial charge on any atom is 0.338 e. The van der Waals surface area contributed by atoms with E-state index in [0.29, 0.717) is 18.1 Å². The van der Waals surface area contributed by atoms with Gasteiger partial charge >= 0.3 is 5.97 Å². The lowest BCUT2D eigenvalue weighted by molar-refractivity contribution is 0.0378. The maximum atomic E-state index is 11.7. The Morgan fingerprint density at radius 3 is 2.20 bits per heavy atom. The van der Waals surface area contributed by atoms with Crippen LogP contribution in [0.2, 0.25) is 0 Å². The number of esters is 1. The molecule has 1 aromatic carbocycles. The van der Waals surface area contributed by atoms with Crippen molar-refractivity contribution in [2.75, 3.05) is 19.0 Å². The van der Waals surface area contributed by atoms with Gasteiger partial charge in [0.15, 0.2) is 0 Å². The summed E-state index contributed by atoms with van der Waals surface area (Å²) in [5, 5.41) is 3.41. The van der Waals surface area contributed by atoms with Crippen molar-refractivity contribution < 1.29 is 14.3 Å². The smallest absolute Gasteiger partial charge is 0.338 e. The number of methoxy groups -OCH3 is 1. The average Bonchev–Trinajstić information content (AvgIpc) is 2.38. The lowest BCUT2D eigenvalue weighted by atomic mass is 10.0. The number of benzene rings is 1. The van der Waals surface area contributed by atoms with Crippen molar-refractivity contribution in [3.8, 4) is 0 Å². The van der Waals surface area contributed by atoms with E-state index < -0.39 is 0 Å². The lowest BCUT2D eigenvalue weighted by Crippen LogP contribution is -2.30. The summed E-state index contributed by atoms with van der Waals surface area (Å²) in [6.45, 7) is 8.61. The molecule has 1 aromatic rings. The molecule has 0 aliphatic rings. The van der Waals surface area contributed by atoms with E-state index >= 15 is 0 Å². The minimum atomic E-state index is -0.288. The van der Waals surface area contributed by atoms with Crippen LogP contribution in [0.25, 0.3) is 0 Å². The van der Waals surface area contributed by atoms with E-state index in [-0.39, 0.29) is 18.1 Å². The summed E-state index contributed by atoms with van der Waals surface area (Å²) < 4.78 is 10.4. The molecular formula is C16H25NO3. The third-order valence-electron chi connectivity index (χ3n) is 2.97. The van der Waals surface area contributed by atoms with Crippen LogP contribution in [0.5, 0.6) is 0 Å². The fourth-order valence-corrected chi connectivity index (χ4v) is 1.78. The second-order valence-electron chi connectivity index (χ2n) is 5.48. The minimum Gasteiger partial charge on any atom is -0.459 e. The van der Waals surface area contributed by atoms with E-state index in [1.807, 2.05) is 26.0 Å². The number of ether oxygens (including phenoxy) is 2. The van der Waals surface area contributed by atoms with Gasteiger partial charge in [-0.05, 0) is 44.0 Å². The standard InChI is InChI=1S/C16H25NO3/c1-11(2)15(10-19-5)17-14-8-6-13(7-9-14)16(18)20-12(3)4/h6-9,11-12,15,17H,10H2,1-5H3. The molecule has 0 amide bonds. The second kappa shape index (κ2) is 7.90. The van der Waals surface area contributed by atoms with Gasteiger partial charge in [0, 0.05) is 12.8 Å². The van der Waals surface area contributed by atoms with Crippen molar-refractivity contribution in [3.63, 3.8) is 0 Å². The first kappa shape index (κ1) is 16.5. The van der Waals surface area contributed by atoms with Gasteiger partial charge in [-0.1, -0.05) is 13.8 Å². The number of rotatable bonds is 7. The van der Waals surface area contributed by atoms with Gasteiger partial charge in [0.1, 0.15) is 0 Å². The van der Waals surface area contributed by atoms with E-state index in [4.69, 9.17) is 9.47 Å². The summed E-state index contributed by atoms with van der Waals surface area (Å²) in [6, 6.07) is 7.58. The van der Waals surface area contributed by atoms with Crippen LogP contribution < -0.4 is 5.32 Å². The Balaban J connectivity index is 2.68. The molecule has 0 saturated heterocycles. The summed E-state index contributed by atoms with van der Waals surface area (Å²) >= 11 is 0. The van der Waals surface area contributed by atoms with Crippen molar-refractivity contribution in [1.29, 1.82) is 0 Å². The molecule has 0 heterocycles. The fraction of sp³-hybridized carbons (Fsp3) is 0.562. The number of hydrogen-bond acceptors (Lipinski definition) is 4. The molecule has 112 valence electrons. The number of hydrogen-bond donors (Lipinski definition) is 1. The van der Waals surface area contributed by atoms with E-state index in [9.17, 15) is 4.79 Å². The molecule has 4 heteroatoms. The Morgan fingerprint density at radius 1 is 1.15 bits per heavy atom. The highest BCUT2D eigenvalue weighted by Crippen LogP contribution is 2.15. The average molecular weight is 279 g/mol. The van der Waals surface area contributed by atoms with Crippen molar-refractivity contribution in [2.24, 2.45) is 5.92 Å². The summed E-state index contributed by atoms with van der Waals surface area (Å²) in [5.41, 5.74) is 1.54. The second-order valence-corrected chi connectivity index (χ2v) is 5.48. The molecule has 0 bridgehead atoms. The molecule has 1 unspecified atom stereocenters. The van der Waals surface area contributed by atoms with E-state index in [2.05, 4.69) is 19.2 Å². The molecule has 0 aliphatic carbocycles. The predicted octanol–water partition coefficient (Wildman–Crippen LogP) is 3.33. The number of carbonyl (C=O) groups excluding carboxylic acids is 1. The van der Waals surface area contributed by atoms with Gasteiger partial charge in [0.2, 0.25) is 0 Å². The monoisotopic (exact) mass is 279 g/mol. The topological polar surface area (TPSA) is 47.6 Å². The molecule has 4 nitrogen and oxygen atoms in total.